The maximum Gasteiger partial charge on any atom is 0.275 e. The first-order valence-electron chi connectivity index (χ1n) is 5.87. The summed E-state index contributed by atoms with van der Waals surface area (Å²) in [6.45, 7) is 9.90. The van der Waals surface area contributed by atoms with Gasteiger partial charge in [0.2, 0.25) is 0 Å². The van der Waals surface area contributed by atoms with Gasteiger partial charge in [0.1, 0.15) is 0 Å². The fourth-order valence-electron chi connectivity index (χ4n) is 1.74. The minimum Gasteiger partial charge on any atom is -0.410 e. The molecule has 1 atom stereocenters. The third kappa shape index (κ3) is 4.08. The quantitative estimate of drug-likeness (QED) is 0.337. The van der Waals surface area contributed by atoms with Crippen LogP contribution in [0, 0.1) is 10.1 Å². The van der Waals surface area contributed by atoms with Crippen LogP contribution in [0.15, 0.2) is 36.9 Å². The van der Waals surface area contributed by atoms with Gasteiger partial charge in [0.15, 0.2) is 8.32 Å². The van der Waals surface area contributed by atoms with Crippen LogP contribution in [0.25, 0.3) is 0 Å². The largest absolute Gasteiger partial charge is 0.410 e. The van der Waals surface area contributed by atoms with Gasteiger partial charge in [0.05, 0.1) is 16.6 Å². The Morgan fingerprint density at radius 2 is 2.06 bits per heavy atom. The second-order valence-corrected chi connectivity index (χ2v) is 9.52. The van der Waals surface area contributed by atoms with Gasteiger partial charge in [-0.25, -0.2) is 0 Å². The van der Waals surface area contributed by atoms with Crippen molar-refractivity contribution < 1.29 is 9.35 Å². The average molecular weight is 265 g/mol. The van der Waals surface area contributed by atoms with Gasteiger partial charge in [-0.05, 0) is 32.1 Å². The lowest BCUT2D eigenvalue weighted by Crippen LogP contribution is -2.28. The molecule has 0 bridgehead atoms. The fraction of sp³-hybridized carbons (Fsp3) is 0.385. The second-order valence-electron chi connectivity index (χ2n) is 5.06. The van der Waals surface area contributed by atoms with Crippen molar-refractivity contribution in [1.82, 2.24) is 0 Å². The highest BCUT2D eigenvalue weighted by Gasteiger charge is 2.26. The van der Waals surface area contributed by atoms with Gasteiger partial charge in [0.25, 0.3) is 5.69 Å². The van der Waals surface area contributed by atoms with Crippen molar-refractivity contribution in [2.45, 2.75) is 32.2 Å². The van der Waals surface area contributed by atoms with Gasteiger partial charge in [-0.3, -0.25) is 10.1 Å². The zero-order valence-electron chi connectivity index (χ0n) is 11.1. The summed E-state index contributed by atoms with van der Waals surface area (Å²) in [4.78, 5) is 10.7. The van der Waals surface area contributed by atoms with Crippen LogP contribution in [0.1, 0.15) is 18.1 Å². The molecular weight excluding hydrogens is 246 g/mol. The normalized spacial score (nSPS) is 13.1. The van der Waals surface area contributed by atoms with Crippen LogP contribution in [-0.4, -0.2) is 13.2 Å². The molecule has 0 spiro atoms. The molecule has 0 saturated heterocycles. The first kappa shape index (κ1) is 14.6. The Morgan fingerprint density at radius 1 is 1.44 bits per heavy atom. The summed E-state index contributed by atoms with van der Waals surface area (Å²) in [5.41, 5.74) is 0.743. The SMILES string of the molecule is C=CCC(O[Si](C)(C)C)c1ccccc1[N+](=O)[O-]. The Hall–Kier alpha value is -1.46. The minimum atomic E-state index is -1.77. The lowest BCUT2D eigenvalue weighted by Gasteiger charge is -2.25. The highest BCUT2D eigenvalue weighted by Crippen LogP contribution is 2.32. The van der Waals surface area contributed by atoms with Crippen molar-refractivity contribution >= 4 is 14.0 Å². The van der Waals surface area contributed by atoms with Crippen molar-refractivity contribution in [2.24, 2.45) is 0 Å². The molecule has 1 aromatic carbocycles. The van der Waals surface area contributed by atoms with E-state index in [0.717, 1.165) is 0 Å². The lowest BCUT2D eigenvalue weighted by atomic mass is 10.0. The van der Waals surface area contributed by atoms with Crippen LogP contribution < -0.4 is 0 Å². The monoisotopic (exact) mass is 265 g/mol. The summed E-state index contributed by atoms with van der Waals surface area (Å²) in [6.07, 6.45) is 2.03. The van der Waals surface area contributed by atoms with E-state index in [4.69, 9.17) is 4.43 Å². The minimum absolute atomic E-state index is 0.114. The lowest BCUT2D eigenvalue weighted by molar-refractivity contribution is -0.386. The van der Waals surface area contributed by atoms with Gasteiger partial charge in [-0.15, -0.1) is 6.58 Å². The Kier molecular flexibility index (Phi) is 4.81. The molecule has 5 heteroatoms. The van der Waals surface area contributed by atoms with E-state index in [-0.39, 0.29) is 16.7 Å². The maximum atomic E-state index is 11.0. The van der Waals surface area contributed by atoms with E-state index in [1.165, 1.54) is 6.07 Å². The molecule has 0 N–H and O–H groups in total. The van der Waals surface area contributed by atoms with E-state index in [1.807, 2.05) is 0 Å². The zero-order chi connectivity index (χ0) is 13.8. The number of para-hydroxylation sites is 1. The number of hydrogen-bond acceptors (Lipinski definition) is 3. The number of nitro groups is 1. The molecule has 0 aromatic heterocycles. The molecule has 0 aliphatic rings. The molecule has 0 aliphatic carbocycles. The molecule has 1 aromatic rings. The highest BCUT2D eigenvalue weighted by molar-refractivity contribution is 6.69. The molecule has 1 unspecified atom stereocenters. The van der Waals surface area contributed by atoms with Crippen LogP contribution in [0.2, 0.25) is 19.6 Å². The topological polar surface area (TPSA) is 52.4 Å². The molecule has 0 amide bonds. The van der Waals surface area contributed by atoms with Gasteiger partial charge >= 0.3 is 0 Å². The molecule has 0 saturated carbocycles. The van der Waals surface area contributed by atoms with Crippen LogP contribution in [-0.2, 0) is 4.43 Å². The summed E-state index contributed by atoms with van der Waals surface area (Å²) in [5, 5.41) is 11.0. The Morgan fingerprint density at radius 3 is 2.56 bits per heavy atom. The van der Waals surface area contributed by atoms with Crippen molar-refractivity contribution in [1.29, 1.82) is 0 Å². The first-order chi connectivity index (χ1) is 8.35. The third-order valence-corrected chi connectivity index (χ3v) is 3.35. The van der Waals surface area contributed by atoms with Crippen molar-refractivity contribution in [3.63, 3.8) is 0 Å². The van der Waals surface area contributed by atoms with E-state index in [0.29, 0.717) is 12.0 Å². The summed E-state index contributed by atoms with van der Waals surface area (Å²) < 4.78 is 6.02. The van der Waals surface area contributed by atoms with Crippen LogP contribution >= 0.6 is 0 Å². The fourth-order valence-corrected chi connectivity index (χ4v) is 2.82. The molecule has 0 fully saturated rings. The molecule has 4 nitrogen and oxygen atoms in total. The van der Waals surface area contributed by atoms with E-state index < -0.39 is 8.32 Å². The van der Waals surface area contributed by atoms with Crippen LogP contribution in [0.5, 0.6) is 0 Å². The molecular formula is C13H19NO3Si. The molecule has 98 valence electrons. The summed E-state index contributed by atoms with van der Waals surface area (Å²) >= 11 is 0. The predicted octanol–water partition coefficient (Wildman–Crippen LogP) is 4.06. The van der Waals surface area contributed by atoms with Gasteiger partial charge < -0.3 is 4.43 Å². The number of benzene rings is 1. The first-order valence-corrected chi connectivity index (χ1v) is 9.28. The number of nitro benzene ring substituents is 1. The van der Waals surface area contributed by atoms with Crippen LogP contribution in [0.3, 0.4) is 0 Å². The molecule has 0 radical (unpaired) electrons. The van der Waals surface area contributed by atoms with Crippen molar-refractivity contribution in [2.75, 3.05) is 0 Å². The standard InChI is InChI=1S/C13H19NO3Si/c1-5-8-13(17-18(2,3)4)11-9-6-7-10-12(11)14(15)16/h5-7,9-10,13H,1,8H2,2-4H3. The average Bonchev–Trinajstić information content (AvgIpc) is 2.26. The summed E-state index contributed by atoms with van der Waals surface area (Å²) in [5.74, 6) is 0. The summed E-state index contributed by atoms with van der Waals surface area (Å²) in [6, 6.07) is 6.73. The van der Waals surface area contributed by atoms with E-state index in [2.05, 4.69) is 26.2 Å². The zero-order valence-corrected chi connectivity index (χ0v) is 12.1. The molecule has 0 aliphatic heterocycles. The van der Waals surface area contributed by atoms with Gasteiger partial charge in [-0.2, -0.15) is 0 Å². The molecule has 0 heterocycles. The van der Waals surface area contributed by atoms with Gasteiger partial charge in [-0.1, -0.05) is 18.2 Å². The Balaban J connectivity index is 3.13. The molecule has 18 heavy (non-hydrogen) atoms. The number of hydrogen-bond donors (Lipinski definition) is 0. The smallest absolute Gasteiger partial charge is 0.275 e. The third-order valence-electron chi connectivity index (χ3n) is 2.36. The highest BCUT2D eigenvalue weighted by atomic mass is 28.4. The van der Waals surface area contributed by atoms with Crippen molar-refractivity contribution in [3.8, 4) is 0 Å². The second kappa shape index (κ2) is 5.93. The van der Waals surface area contributed by atoms with E-state index >= 15 is 0 Å². The van der Waals surface area contributed by atoms with E-state index in [1.54, 1.807) is 24.3 Å². The van der Waals surface area contributed by atoms with Gasteiger partial charge in [0, 0.05) is 6.07 Å². The Bertz CT molecular complexity index is 440. The maximum absolute atomic E-state index is 11.0. The number of rotatable bonds is 6. The molecule has 1 rings (SSSR count). The predicted molar refractivity (Wildman–Crippen MR) is 75.1 cm³/mol. The van der Waals surface area contributed by atoms with Crippen LogP contribution in [0.4, 0.5) is 5.69 Å². The number of nitrogens with zero attached hydrogens (tertiary/aromatic N) is 1. The van der Waals surface area contributed by atoms with E-state index in [9.17, 15) is 10.1 Å². The summed E-state index contributed by atoms with van der Waals surface area (Å²) in [7, 11) is -1.77. The Labute approximate surface area is 109 Å². The van der Waals surface area contributed by atoms with Crippen molar-refractivity contribution in [3.05, 3.63) is 52.6 Å².